The van der Waals surface area contributed by atoms with Gasteiger partial charge in [-0.25, -0.2) is 0 Å². The molecule has 0 spiro atoms. The van der Waals surface area contributed by atoms with Gasteiger partial charge in [0.05, 0.1) is 6.10 Å². The van der Waals surface area contributed by atoms with E-state index in [9.17, 15) is 0 Å². The average molecular weight is 175 g/mol. The van der Waals surface area contributed by atoms with Crippen LogP contribution < -0.4 is 0 Å². The Kier molecular flexibility index (Phi) is 7.45. The van der Waals surface area contributed by atoms with Crippen molar-refractivity contribution in [3.8, 4) is 0 Å². The number of nitrogens with zero attached hydrogens (tertiary/aromatic N) is 1. The Morgan fingerprint density at radius 3 is 2.17 bits per heavy atom. The van der Waals surface area contributed by atoms with Crippen LogP contribution in [0.2, 0.25) is 0 Å². The van der Waals surface area contributed by atoms with Crippen LogP contribution in [0, 0.1) is 0 Å². The molecule has 0 aromatic carbocycles. The molecule has 1 atom stereocenters. The van der Waals surface area contributed by atoms with Crippen LogP contribution in [0.1, 0.15) is 13.3 Å². The van der Waals surface area contributed by atoms with Gasteiger partial charge in [-0.15, -0.1) is 0 Å². The number of likely N-dealkylation sites (tertiary alicyclic amines) is 1. The topological polar surface area (TPSA) is 21.7 Å². The molecule has 1 rings (SSSR count). The van der Waals surface area contributed by atoms with E-state index >= 15 is 0 Å². The molecule has 1 aliphatic rings. The Labute approximate surface area is 75.6 Å². The second kappa shape index (κ2) is 7.53. The number of hydrogen-bond donors (Lipinski definition) is 0. The number of ether oxygens (including phenoxy) is 2. The fraction of sp³-hybridized carbons (Fsp3) is 1.00. The molecule has 1 unspecified atom stereocenters. The fourth-order valence-electron chi connectivity index (χ4n) is 1.09. The zero-order chi connectivity index (χ0) is 9.40. The summed E-state index contributed by atoms with van der Waals surface area (Å²) in [6, 6.07) is 0. The van der Waals surface area contributed by atoms with Crippen LogP contribution in [0.4, 0.5) is 0 Å². The van der Waals surface area contributed by atoms with Crippen LogP contribution in [0.25, 0.3) is 0 Å². The van der Waals surface area contributed by atoms with Crippen LogP contribution in [0.15, 0.2) is 0 Å². The summed E-state index contributed by atoms with van der Waals surface area (Å²) in [5, 5.41) is 0. The van der Waals surface area contributed by atoms with Gasteiger partial charge in [-0.2, -0.15) is 0 Å². The first-order valence-electron chi connectivity index (χ1n) is 4.44. The van der Waals surface area contributed by atoms with Gasteiger partial charge < -0.3 is 14.4 Å². The van der Waals surface area contributed by atoms with Crippen LogP contribution in [-0.4, -0.2) is 52.0 Å². The summed E-state index contributed by atoms with van der Waals surface area (Å²) in [7, 11) is 5.59. The highest BCUT2D eigenvalue weighted by molar-refractivity contribution is 4.71. The highest BCUT2D eigenvalue weighted by Crippen LogP contribution is 2.07. The van der Waals surface area contributed by atoms with E-state index in [4.69, 9.17) is 4.74 Å². The second-order valence-corrected chi connectivity index (χ2v) is 2.99. The molecular formula is C9H21NO2. The Morgan fingerprint density at radius 1 is 1.42 bits per heavy atom. The summed E-state index contributed by atoms with van der Waals surface area (Å²) in [6.45, 7) is 5.08. The Morgan fingerprint density at radius 2 is 2.00 bits per heavy atom. The summed E-state index contributed by atoms with van der Waals surface area (Å²) in [5.41, 5.74) is 0. The largest absolute Gasteiger partial charge is 0.385 e. The normalized spacial score (nSPS) is 23.5. The van der Waals surface area contributed by atoms with Crippen LogP contribution >= 0.6 is 0 Å². The third-order valence-electron chi connectivity index (χ3n) is 1.97. The molecule has 0 aromatic rings. The molecule has 12 heavy (non-hydrogen) atoms. The van der Waals surface area contributed by atoms with Crippen molar-refractivity contribution in [2.45, 2.75) is 19.4 Å². The molecular weight excluding hydrogens is 154 g/mol. The molecule has 1 aliphatic heterocycles. The zero-order valence-electron chi connectivity index (χ0n) is 8.67. The summed E-state index contributed by atoms with van der Waals surface area (Å²) >= 11 is 0. The minimum atomic E-state index is 0.500. The summed E-state index contributed by atoms with van der Waals surface area (Å²) in [5.74, 6) is 0. The predicted molar refractivity (Wildman–Crippen MR) is 50.5 cm³/mol. The minimum Gasteiger partial charge on any atom is -0.385 e. The molecule has 1 heterocycles. The van der Waals surface area contributed by atoms with Crippen molar-refractivity contribution in [1.82, 2.24) is 4.90 Å². The number of likely N-dealkylation sites (N-methyl/N-ethyl adjacent to an activating group) is 1. The van der Waals surface area contributed by atoms with Gasteiger partial charge in [0.15, 0.2) is 0 Å². The van der Waals surface area contributed by atoms with Crippen molar-refractivity contribution in [2.75, 3.05) is 41.0 Å². The van der Waals surface area contributed by atoms with Gasteiger partial charge in [0.2, 0.25) is 0 Å². The van der Waals surface area contributed by atoms with E-state index in [1.807, 2.05) is 6.92 Å². The lowest BCUT2D eigenvalue weighted by molar-refractivity contribution is 0.111. The van der Waals surface area contributed by atoms with Gasteiger partial charge in [-0.3, -0.25) is 0 Å². The first-order valence-corrected chi connectivity index (χ1v) is 4.44. The van der Waals surface area contributed by atoms with Gasteiger partial charge in [-0.05, 0) is 20.4 Å². The SMILES string of the molecule is CCOC.COC1CCN(C)C1. The lowest BCUT2D eigenvalue weighted by atomic mass is 10.3. The van der Waals surface area contributed by atoms with Crippen molar-refractivity contribution in [1.29, 1.82) is 0 Å². The van der Waals surface area contributed by atoms with E-state index in [-0.39, 0.29) is 0 Å². The molecule has 0 N–H and O–H groups in total. The molecule has 0 aliphatic carbocycles. The molecule has 3 heteroatoms. The number of methoxy groups -OCH3 is 2. The van der Waals surface area contributed by atoms with Gasteiger partial charge in [0.1, 0.15) is 0 Å². The smallest absolute Gasteiger partial charge is 0.0710 e. The lowest BCUT2D eigenvalue weighted by Gasteiger charge is -2.06. The maximum absolute atomic E-state index is 5.14. The van der Waals surface area contributed by atoms with Crippen molar-refractivity contribution in [3.63, 3.8) is 0 Å². The van der Waals surface area contributed by atoms with E-state index in [1.165, 1.54) is 13.0 Å². The van der Waals surface area contributed by atoms with Crippen molar-refractivity contribution in [3.05, 3.63) is 0 Å². The molecule has 0 radical (unpaired) electrons. The molecule has 1 fully saturated rings. The average Bonchev–Trinajstić information content (AvgIpc) is 2.52. The van der Waals surface area contributed by atoms with E-state index in [1.54, 1.807) is 14.2 Å². The van der Waals surface area contributed by atoms with E-state index in [2.05, 4.69) is 16.7 Å². The van der Waals surface area contributed by atoms with Gasteiger partial charge in [-0.1, -0.05) is 0 Å². The van der Waals surface area contributed by atoms with Crippen LogP contribution in [-0.2, 0) is 9.47 Å². The maximum atomic E-state index is 5.14. The monoisotopic (exact) mass is 175 g/mol. The third kappa shape index (κ3) is 5.52. The molecule has 0 saturated carbocycles. The number of rotatable bonds is 2. The lowest BCUT2D eigenvalue weighted by Crippen LogP contribution is -2.17. The fourth-order valence-corrected chi connectivity index (χ4v) is 1.09. The van der Waals surface area contributed by atoms with Crippen molar-refractivity contribution >= 4 is 0 Å². The maximum Gasteiger partial charge on any atom is 0.0710 e. The standard InChI is InChI=1S/C6H13NO.C3H8O/c1-7-4-3-6(5-7)8-2;1-3-4-2/h6H,3-5H2,1-2H3;3H2,1-2H3. The van der Waals surface area contributed by atoms with Gasteiger partial charge >= 0.3 is 0 Å². The van der Waals surface area contributed by atoms with E-state index < -0.39 is 0 Å². The molecule has 0 bridgehead atoms. The molecule has 74 valence electrons. The second-order valence-electron chi connectivity index (χ2n) is 2.99. The molecule has 3 nitrogen and oxygen atoms in total. The van der Waals surface area contributed by atoms with Crippen LogP contribution in [0.3, 0.4) is 0 Å². The van der Waals surface area contributed by atoms with E-state index in [0.29, 0.717) is 6.10 Å². The number of hydrogen-bond acceptors (Lipinski definition) is 3. The Hall–Kier alpha value is -0.120. The summed E-state index contributed by atoms with van der Waals surface area (Å²) in [4.78, 5) is 2.29. The van der Waals surface area contributed by atoms with Gasteiger partial charge in [0.25, 0.3) is 0 Å². The zero-order valence-corrected chi connectivity index (χ0v) is 8.67. The minimum absolute atomic E-state index is 0.500. The van der Waals surface area contributed by atoms with Crippen molar-refractivity contribution < 1.29 is 9.47 Å². The first kappa shape index (κ1) is 11.9. The molecule has 1 saturated heterocycles. The Bertz CT molecular complexity index is 96.5. The van der Waals surface area contributed by atoms with Crippen LogP contribution in [0.5, 0.6) is 0 Å². The van der Waals surface area contributed by atoms with Crippen molar-refractivity contribution in [2.24, 2.45) is 0 Å². The van der Waals surface area contributed by atoms with E-state index in [0.717, 1.165) is 13.2 Å². The molecule has 0 aromatic heterocycles. The highest BCUT2D eigenvalue weighted by Gasteiger charge is 2.17. The quantitative estimate of drug-likeness (QED) is 0.624. The predicted octanol–water partition coefficient (Wildman–Crippen LogP) is 0.990. The first-order chi connectivity index (χ1) is 5.74. The summed E-state index contributed by atoms with van der Waals surface area (Å²) in [6.07, 6.45) is 1.70. The Balaban J connectivity index is 0.000000261. The third-order valence-corrected chi connectivity index (χ3v) is 1.97. The summed E-state index contributed by atoms with van der Waals surface area (Å²) < 4.78 is 9.68. The molecule has 0 amide bonds. The van der Waals surface area contributed by atoms with Gasteiger partial charge in [0, 0.05) is 33.9 Å². The highest BCUT2D eigenvalue weighted by atomic mass is 16.5.